The molecule has 0 saturated carbocycles. The summed E-state index contributed by atoms with van der Waals surface area (Å²) < 4.78 is 0. The van der Waals surface area contributed by atoms with E-state index in [0.717, 1.165) is 11.3 Å². The molecule has 2 amide bonds. The van der Waals surface area contributed by atoms with Crippen LogP contribution in [0.4, 0.5) is 5.69 Å². The number of nitrogens with zero attached hydrogens (tertiary/aromatic N) is 1. The second-order valence-electron chi connectivity index (χ2n) is 7.07. The Morgan fingerprint density at radius 1 is 1.33 bits per heavy atom. The first-order chi connectivity index (χ1) is 11.3. The third-order valence-electron chi connectivity index (χ3n) is 4.84. The first kappa shape index (κ1) is 18.5. The number of nitrogens with one attached hydrogen (secondary N) is 1. The fraction of sp³-hybridized carbons (Fsp3) is 0.579. The van der Waals surface area contributed by atoms with E-state index in [0.29, 0.717) is 19.4 Å². The average molecular weight is 332 g/mol. The van der Waals surface area contributed by atoms with Crippen molar-refractivity contribution in [1.29, 1.82) is 0 Å². The Hall–Kier alpha value is -1.88. The van der Waals surface area contributed by atoms with E-state index >= 15 is 0 Å². The van der Waals surface area contributed by atoms with Gasteiger partial charge in [0.2, 0.25) is 11.8 Å². The highest BCUT2D eigenvalue weighted by Crippen LogP contribution is 2.26. The topological polar surface area (TPSA) is 69.6 Å². The summed E-state index contributed by atoms with van der Waals surface area (Å²) >= 11 is 0. The van der Waals surface area contributed by atoms with E-state index in [4.69, 9.17) is 0 Å². The van der Waals surface area contributed by atoms with Gasteiger partial charge in [0.1, 0.15) is 0 Å². The van der Waals surface area contributed by atoms with Crippen LogP contribution in [0, 0.1) is 25.7 Å². The molecule has 2 N–H and O–H groups in total. The minimum absolute atomic E-state index is 0.0597. The molecule has 1 aliphatic rings. The van der Waals surface area contributed by atoms with Crippen LogP contribution in [0.2, 0.25) is 0 Å². The molecule has 0 aromatic heterocycles. The quantitative estimate of drug-likeness (QED) is 0.868. The van der Waals surface area contributed by atoms with Gasteiger partial charge in [-0.1, -0.05) is 19.9 Å². The normalized spacial score (nSPS) is 19.5. The van der Waals surface area contributed by atoms with Crippen LogP contribution in [0.3, 0.4) is 0 Å². The lowest BCUT2D eigenvalue weighted by molar-refractivity contribution is -0.127. The summed E-state index contributed by atoms with van der Waals surface area (Å²) in [7, 11) is 0. The maximum atomic E-state index is 12.4. The largest absolute Gasteiger partial charge is 0.391 e. The van der Waals surface area contributed by atoms with Gasteiger partial charge >= 0.3 is 0 Å². The van der Waals surface area contributed by atoms with Crippen LogP contribution in [0.5, 0.6) is 0 Å². The van der Waals surface area contributed by atoms with Gasteiger partial charge in [0.15, 0.2) is 0 Å². The van der Waals surface area contributed by atoms with Gasteiger partial charge in [-0.2, -0.15) is 0 Å². The third-order valence-corrected chi connectivity index (χ3v) is 4.84. The number of carbonyl (C=O) groups excluding carboxylic acids is 2. The van der Waals surface area contributed by atoms with Gasteiger partial charge in [0.25, 0.3) is 0 Å². The molecule has 0 radical (unpaired) electrons. The Kier molecular flexibility index (Phi) is 5.99. The second kappa shape index (κ2) is 7.79. The van der Waals surface area contributed by atoms with E-state index in [1.165, 1.54) is 5.56 Å². The molecule has 2 atom stereocenters. The molecule has 24 heavy (non-hydrogen) atoms. The minimum atomic E-state index is -0.546. The smallest absolute Gasteiger partial charge is 0.227 e. The van der Waals surface area contributed by atoms with Crippen molar-refractivity contribution in [3.05, 3.63) is 29.3 Å². The predicted octanol–water partition coefficient (Wildman–Crippen LogP) is 2.18. The molecule has 1 fully saturated rings. The SMILES string of the molecule is Cc1ccc(N2CC(C(=O)NCC(O)C(C)C)CCC2=O)cc1C. The number of amides is 2. The van der Waals surface area contributed by atoms with Gasteiger partial charge in [-0.15, -0.1) is 0 Å². The zero-order valence-corrected chi connectivity index (χ0v) is 15.0. The molecule has 5 heteroatoms. The molecule has 132 valence electrons. The van der Waals surface area contributed by atoms with Crippen LogP contribution in [0.1, 0.15) is 37.8 Å². The van der Waals surface area contributed by atoms with Gasteiger partial charge in [0, 0.05) is 25.2 Å². The average Bonchev–Trinajstić information content (AvgIpc) is 2.55. The summed E-state index contributed by atoms with van der Waals surface area (Å²) in [5.41, 5.74) is 3.16. The molecule has 5 nitrogen and oxygen atoms in total. The first-order valence-corrected chi connectivity index (χ1v) is 8.63. The zero-order valence-electron chi connectivity index (χ0n) is 15.0. The Labute approximate surface area is 144 Å². The lowest BCUT2D eigenvalue weighted by Crippen LogP contribution is -2.47. The summed E-state index contributed by atoms with van der Waals surface area (Å²) in [6, 6.07) is 5.93. The number of aliphatic hydroxyl groups is 1. The molecular formula is C19H28N2O3. The minimum Gasteiger partial charge on any atom is -0.391 e. The summed E-state index contributed by atoms with van der Waals surface area (Å²) in [6.07, 6.45) is 0.386. The van der Waals surface area contributed by atoms with E-state index in [-0.39, 0.29) is 30.2 Å². The molecular weight excluding hydrogens is 304 g/mol. The summed E-state index contributed by atoms with van der Waals surface area (Å²) in [6.45, 7) is 8.53. The van der Waals surface area contributed by atoms with Gasteiger partial charge < -0.3 is 15.3 Å². The highest BCUT2D eigenvalue weighted by Gasteiger charge is 2.31. The van der Waals surface area contributed by atoms with E-state index < -0.39 is 6.10 Å². The van der Waals surface area contributed by atoms with Crippen molar-refractivity contribution in [2.24, 2.45) is 11.8 Å². The highest BCUT2D eigenvalue weighted by atomic mass is 16.3. The number of carbonyl (C=O) groups is 2. The summed E-state index contributed by atoms with van der Waals surface area (Å²) in [5.74, 6) is -0.158. The number of aryl methyl sites for hydroxylation is 2. The van der Waals surface area contributed by atoms with Crippen molar-refractivity contribution in [2.75, 3.05) is 18.0 Å². The molecule has 1 aliphatic heterocycles. The molecule has 1 aromatic rings. The molecule has 0 bridgehead atoms. The van der Waals surface area contributed by atoms with Crippen LogP contribution < -0.4 is 10.2 Å². The standard InChI is InChI=1S/C19H28N2O3/c1-12(2)17(22)10-20-19(24)15-6-8-18(23)21(11-15)16-7-5-13(3)14(4)9-16/h5,7,9,12,15,17,22H,6,8,10-11H2,1-4H3,(H,20,24). The number of hydrogen-bond donors (Lipinski definition) is 2. The number of anilines is 1. The van der Waals surface area contributed by atoms with Gasteiger partial charge in [-0.25, -0.2) is 0 Å². The zero-order chi connectivity index (χ0) is 17.9. The number of piperidine rings is 1. The van der Waals surface area contributed by atoms with Crippen molar-refractivity contribution < 1.29 is 14.7 Å². The van der Waals surface area contributed by atoms with E-state index in [1.54, 1.807) is 4.90 Å². The third kappa shape index (κ3) is 4.35. The van der Waals surface area contributed by atoms with E-state index in [2.05, 4.69) is 5.32 Å². The van der Waals surface area contributed by atoms with E-state index in [1.807, 2.05) is 45.9 Å². The number of benzene rings is 1. The van der Waals surface area contributed by atoms with Gasteiger partial charge in [-0.05, 0) is 49.4 Å². The van der Waals surface area contributed by atoms with Crippen LogP contribution in [0.15, 0.2) is 18.2 Å². The fourth-order valence-electron chi connectivity index (χ4n) is 2.79. The van der Waals surface area contributed by atoms with Crippen LogP contribution in [-0.2, 0) is 9.59 Å². The van der Waals surface area contributed by atoms with Crippen LogP contribution in [0.25, 0.3) is 0 Å². The van der Waals surface area contributed by atoms with Gasteiger partial charge in [-0.3, -0.25) is 9.59 Å². The molecule has 2 rings (SSSR count). The van der Waals surface area contributed by atoms with Crippen LogP contribution in [-0.4, -0.2) is 36.1 Å². The van der Waals surface area contributed by atoms with Gasteiger partial charge in [0.05, 0.1) is 12.0 Å². The number of aliphatic hydroxyl groups excluding tert-OH is 1. The molecule has 1 saturated heterocycles. The fourth-order valence-corrected chi connectivity index (χ4v) is 2.79. The van der Waals surface area contributed by atoms with E-state index in [9.17, 15) is 14.7 Å². The first-order valence-electron chi connectivity index (χ1n) is 8.63. The molecule has 0 aliphatic carbocycles. The molecule has 1 heterocycles. The highest BCUT2D eigenvalue weighted by molar-refractivity contribution is 5.96. The van der Waals surface area contributed by atoms with Crippen LogP contribution >= 0.6 is 0 Å². The monoisotopic (exact) mass is 332 g/mol. The Balaban J connectivity index is 2.03. The lowest BCUT2D eigenvalue weighted by Gasteiger charge is -2.32. The van der Waals surface area contributed by atoms with Crippen molar-refractivity contribution in [3.63, 3.8) is 0 Å². The maximum absolute atomic E-state index is 12.4. The summed E-state index contributed by atoms with van der Waals surface area (Å²) in [4.78, 5) is 26.3. The van der Waals surface area contributed by atoms with Crippen molar-refractivity contribution >= 4 is 17.5 Å². The predicted molar refractivity (Wildman–Crippen MR) is 94.8 cm³/mol. The Bertz CT molecular complexity index is 613. The molecule has 2 unspecified atom stereocenters. The molecule has 1 aromatic carbocycles. The maximum Gasteiger partial charge on any atom is 0.227 e. The number of rotatable bonds is 5. The lowest BCUT2D eigenvalue weighted by atomic mass is 9.95. The van der Waals surface area contributed by atoms with Crippen molar-refractivity contribution in [3.8, 4) is 0 Å². The Morgan fingerprint density at radius 3 is 2.67 bits per heavy atom. The number of hydrogen-bond acceptors (Lipinski definition) is 3. The Morgan fingerprint density at radius 2 is 2.04 bits per heavy atom. The van der Waals surface area contributed by atoms with Crippen molar-refractivity contribution in [1.82, 2.24) is 5.32 Å². The van der Waals surface area contributed by atoms with Crippen molar-refractivity contribution in [2.45, 2.75) is 46.6 Å². The second-order valence-corrected chi connectivity index (χ2v) is 7.07. The molecule has 0 spiro atoms. The summed E-state index contributed by atoms with van der Waals surface area (Å²) in [5, 5.41) is 12.6.